The number of aromatic amines is 1. The van der Waals surface area contributed by atoms with Crippen LogP contribution in [-0.4, -0.2) is 53.9 Å². The van der Waals surface area contributed by atoms with Gasteiger partial charge in [0.1, 0.15) is 23.7 Å². The SMILES string of the molecule is COc1cccc(CN2C(=O)CN(C(=O)c3cc4cc(OC)ccc4[nH]3)C[C@@H]2c2ccccc2)c1. The molecule has 1 aromatic heterocycles. The van der Waals surface area contributed by atoms with E-state index >= 15 is 0 Å². The fourth-order valence-electron chi connectivity index (χ4n) is 4.60. The van der Waals surface area contributed by atoms with Crippen LogP contribution in [0.15, 0.2) is 78.9 Å². The van der Waals surface area contributed by atoms with Crippen LogP contribution in [-0.2, 0) is 11.3 Å². The predicted molar refractivity (Wildman–Crippen MR) is 133 cm³/mol. The van der Waals surface area contributed by atoms with E-state index < -0.39 is 0 Å². The van der Waals surface area contributed by atoms with Gasteiger partial charge in [-0.2, -0.15) is 0 Å². The molecular formula is C28H27N3O4. The molecule has 5 rings (SSSR count). The van der Waals surface area contributed by atoms with Gasteiger partial charge in [0.05, 0.1) is 20.3 Å². The maximum Gasteiger partial charge on any atom is 0.270 e. The van der Waals surface area contributed by atoms with Gasteiger partial charge in [-0.15, -0.1) is 0 Å². The molecule has 0 unspecified atom stereocenters. The number of piperazine rings is 1. The molecule has 1 aliphatic rings. The summed E-state index contributed by atoms with van der Waals surface area (Å²) in [7, 11) is 3.24. The molecule has 0 aliphatic carbocycles. The van der Waals surface area contributed by atoms with Gasteiger partial charge in [0.2, 0.25) is 5.91 Å². The lowest BCUT2D eigenvalue weighted by atomic mass is 10.0. The number of benzene rings is 3. The monoisotopic (exact) mass is 469 g/mol. The highest BCUT2D eigenvalue weighted by molar-refractivity contribution is 6.00. The Balaban J connectivity index is 1.43. The first kappa shape index (κ1) is 22.5. The Labute approximate surface area is 203 Å². The zero-order valence-corrected chi connectivity index (χ0v) is 19.7. The van der Waals surface area contributed by atoms with Crippen LogP contribution in [0, 0.1) is 0 Å². The minimum Gasteiger partial charge on any atom is -0.497 e. The van der Waals surface area contributed by atoms with Crippen LogP contribution in [0.1, 0.15) is 27.7 Å². The summed E-state index contributed by atoms with van der Waals surface area (Å²) in [5.41, 5.74) is 3.26. The normalized spacial score (nSPS) is 15.9. The van der Waals surface area contributed by atoms with E-state index in [9.17, 15) is 9.59 Å². The number of hydrogen-bond acceptors (Lipinski definition) is 4. The van der Waals surface area contributed by atoms with Crippen molar-refractivity contribution in [2.75, 3.05) is 27.3 Å². The summed E-state index contributed by atoms with van der Waals surface area (Å²) in [6.07, 6.45) is 0. The largest absolute Gasteiger partial charge is 0.497 e. The second kappa shape index (κ2) is 9.54. The van der Waals surface area contributed by atoms with Gasteiger partial charge in [0.15, 0.2) is 0 Å². The van der Waals surface area contributed by atoms with Crippen LogP contribution in [0.25, 0.3) is 10.9 Å². The second-order valence-electron chi connectivity index (χ2n) is 8.62. The molecule has 0 radical (unpaired) electrons. The summed E-state index contributed by atoms with van der Waals surface area (Å²) in [6.45, 7) is 0.853. The Morgan fingerprint density at radius 2 is 1.71 bits per heavy atom. The number of H-pyrrole nitrogens is 1. The van der Waals surface area contributed by atoms with Crippen molar-refractivity contribution < 1.29 is 19.1 Å². The number of hydrogen-bond donors (Lipinski definition) is 1. The highest BCUT2D eigenvalue weighted by atomic mass is 16.5. The Hall–Kier alpha value is -4.26. The maximum absolute atomic E-state index is 13.5. The Bertz CT molecular complexity index is 1370. The summed E-state index contributed by atoms with van der Waals surface area (Å²) >= 11 is 0. The third kappa shape index (κ3) is 4.57. The molecule has 4 aromatic rings. The molecule has 0 saturated carbocycles. The lowest BCUT2D eigenvalue weighted by Gasteiger charge is -2.41. The lowest BCUT2D eigenvalue weighted by Crippen LogP contribution is -2.53. The average molecular weight is 470 g/mol. The number of fused-ring (bicyclic) bond motifs is 1. The molecular weight excluding hydrogens is 442 g/mol. The number of rotatable bonds is 6. The molecule has 0 bridgehead atoms. The molecule has 1 N–H and O–H groups in total. The van der Waals surface area contributed by atoms with Crippen molar-refractivity contribution in [3.63, 3.8) is 0 Å². The number of carbonyl (C=O) groups excluding carboxylic acids is 2. The van der Waals surface area contributed by atoms with E-state index in [2.05, 4.69) is 4.98 Å². The minimum absolute atomic E-state index is 0.0187. The molecule has 7 heteroatoms. The number of ether oxygens (including phenoxy) is 2. The zero-order chi connectivity index (χ0) is 24.4. The molecule has 2 amide bonds. The van der Waals surface area contributed by atoms with Gasteiger partial charge in [-0.1, -0.05) is 42.5 Å². The average Bonchev–Trinajstić information content (AvgIpc) is 3.33. The summed E-state index contributed by atoms with van der Waals surface area (Å²) in [4.78, 5) is 33.6. The number of nitrogens with one attached hydrogen (secondary N) is 1. The van der Waals surface area contributed by atoms with E-state index in [0.717, 1.165) is 33.5 Å². The number of nitrogens with zero attached hydrogens (tertiary/aromatic N) is 2. The topological polar surface area (TPSA) is 74.9 Å². The Morgan fingerprint density at radius 3 is 2.49 bits per heavy atom. The van der Waals surface area contributed by atoms with E-state index in [4.69, 9.17) is 9.47 Å². The van der Waals surface area contributed by atoms with Crippen LogP contribution in [0.5, 0.6) is 11.5 Å². The number of methoxy groups -OCH3 is 2. The standard InChI is InChI=1S/C28H27N3O4/c1-34-22-10-6-7-19(13-22)16-31-26(20-8-4-3-5-9-20)17-30(18-27(31)32)28(33)25-15-21-14-23(35-2)11-12-24(21)29-25/h3-15,26,29H,16-18H2,1-2H3/t26-/m1/s1. The predicted octanol–water partition coefficient (Wildman–Crippen LogP) is 4.41. The van der Waals surface area contributed by atoms with Crippen molar-refractivity contribution in [2.45, 2.75) is 12.6 Å². The van der Waals surface area contributed by atoms with Gasteiger partial charge in [-0.3, -0.25) is 9.59 Å². The third-order valence-electron chi connectivity index (χ3n) is 6.43. The molecule has 1 aliphatic heterocycles. The molecule has 7 nitrogen and oxygen atoms in total. The van der Waals surface area contributed by atoms with Gasteiger partial charge in [0.25, 0.3) is 5.91 Å². The van der Waals surface area contributed by atoms with Crippen molar-refractivity contribution in [3.8, 4) is 11.5 Å². The molecule has 2 heterocycles. The smallest absolute Gasteiger partial charge is 0.270 e. The van der Waals surface area contributed by atoms with E-state index in [1.54, 1.807) is 19.1 Å². The lowest BCUT2D eigenvalue weighted by molar-refractivity contribution is -0.139. The zero-order valence-electron chi connectivity index (χ0n) is 19.7. The molecule has 1 fully saturated rings. The Kier molecular flexibility index (Phi) is 6.14. The first-order valence-electron chi connectivity index (χ1n) is 11.5. The Morgan fingerprint density at radius 1 is 0.943 bits per heavy atom. The van der Waals surface area contributed by atoms with Gasteiger partial charge in [-0.05, 0) is 47.5 Å². The fourth-order valence-corrected chi connectivity index (χ4v) is 4.60. The minimum atomic E-state index is -0.267. The van der Waals surface area contributed by atoms with E-state index in [-0.39, 0.29) is 24.4 Å². The van der Waals surface area contributed by atoms with Gasteiger partial charge >= 0.3 is 0 Å². The van der Waals surface area contributed by atoms with Crippen molar-refractivity contribution in [1.29, 1.82) is 0 Å². The number of carbonyl (C=O) groups is 2. The first-order chi connectivity index (χ1) is 17.1. The van der Waals surface area contributed by atoms with Crippen molar-refractivity contribution in [1.82, 2.24) is 14.8 Å². The van der Waals surface area contributed by atoms with Crippen LogP contribution >= 0.6 is 0 Å². The van der Waals surface area contributed by atoms with Crippen molar-refractivity contribution in [3.05, 3.63) is 95.7 Å². The van der Waals surface area contributed by atoms with Crippen molar-refractivity contribution >= 4 is 22.7 Å². The van der Waals surface area contributed by atoms with Crippen molar-refractivity contribution in [2.24, 2.45) is 0 Å². The summed E-state index contributed by atoms with van der Waals surface area (Å²) < 4.78 is 10.6. The van der Waals surface area contributed by atoms with E-state index in [0.29, 0.717) is 18.8 Å². The molecule has 3 aromatic carbocycles. The second-order valence-corrected chi connectivity index (χ2v) is 8.62. The van der Waals surface area contributed by atoms with Gasteiger partial charge in [0, 0.05) is 24.0 Å². The molecule has 1 saturated heterocycles. The maximum atomic E-state index is 13.5. The number of amides is 2. The molecule has 0 spiro atoms. The van der Waals surface area contributed by atoms with Crippen LogP contribution in [0.4, 0.5) is 0 Å². The quantitative estimate of drug-likeness (QED) is 0.454. The number of aromatic nitrogens is 1. The van der Waals surface area contributed by atoms with E-state index in [1.165, 1.54) is 0 Å². The van der Waals surface area contributed by atoms with Crippen LogP contribution in [0.2, 0.25) is 0 Å². The highest BCUT2D eigenvalue weighted by Crippen LogP contribution is 2.30. The third-order valence-corrected chi connectivity index (χ3v) is 6.43. The summed E-state index contributed by atoms with van der Waals surface area (Å²) in [5, 5.41) is 0.885. The molecule has 35 heavy (non-hydrogen) atoms. The van der Waals surface area contributed by atoms with Gasteiger partial charge in [-0.25, -0.2) is 0 Å². The highest BCUT2D eigenvalue weighted by Gasteiger charge is 2.36. The van der Waals surface area contributed by atoms with Gasteiger partial charge < -0.3 is 24.3 Å². The summed E-state index contributed by atoms with van der Waals surface area (Å²) in [6, 6.07) is 24.7. The summed E-state index contributed by atoms with van der Waals surface area (Å²) in [5.74, 6) is 1.17. The fraction of sp³-hybridized carbons (Fsp3) is 0.214. The first-order valence-corrected chi connectivity index (χ1v) is 11.5. The van der Waals surface area contributed by atoms with Crippen LogP contribution in [0.3, 0.4) is 0 Å². The molecule has 178 valence electrons. The molecule has 1 atom stereocenters. The van der Waals surface area contributed by atoms with E-state index in [1.807, 2.05) is 83.8 Å². The van der Waals surface area contributed by atoms with Crippen LogP contribution < -0.4 is 9.47 Å².